The van der Waals surface area contributed by atoms with Gasteiger partial charge in [-0.15, -0.1) is 0 Å². The van der Waals surface area contributed by atoms with Crippen LogP contribution in [0.1, 0.15) is 5.56 Å². The highest BCUT2D eigenvalue weighted by molar-refractivity contribution is 8.26. The molecule has 0 atom stereocenters. The van der Waals surface area contributed by atoms with Crippen LogP contribution in [0.3, 0.4) is 0 Å². The minimum absolute atomic E-state index is 0.0717. The first-order chi connectivity index (χ1) is 12.1. The average molecular weight is 371 g/mol. The number of thioether (sulfide) groups is 1. The Kier molecular flexibility index (Phi) is 5.73. The van der Waals surface area contributed by atoms with Gasteiger partial charge in [-0.25, -0.2) is 0 Å². The molecule has 1 aliphatic heterocycles. The van der Waals surface area contributed by atoms with Crippen LogP contribution < -0.4 is 9.47 Å². The first-order valence-corrected chi connectivity index (χ1v) is 8.98. The highest BCUT2D eigenvalue weighted by Gasteiger charge is 2.28. The molecular formula is C19H17NO3S2. The number of carbonyl (C=O) groups excluding carboxylic acids is 1. The molecule has 4 nitrogen and oxygen atoms in total. The van der Waals surface area contributed by atoms with Gasteiger partial charge in [-0.2, -0.15) is 0 Å². The molecule has 2 aromatic carbocycles. The maximum atomic E-state index is 12.1. The predicted octanol–water partition coefficient (Wildman–Crippen LogP) is 3.98. The summed E-state index contributed by atoms with van der Waals surface area (Å²) in [5, 5.41) is 0. The van der Waals surface area contributed by atoms with Crippen LogP contribution in [0.25, 0.3) is 6.08 Å². The van der Waals surface area contributed by atoms with Gasteiger partial charge in [0.05, 0.1) is 4.91 Å². The van der Waals surface area contributed by atoms with Crippen LogP contribution in [0.5, 0.6) is 11.5 Å². The molecule has 1 saturated heterocycles. The lowest BCUT2D eigenvalue weighted by Gasteiger charge is -2.09. The van der Waals surface area contributed by atoms with Crippen molar-refractivity contribution in [3.63, 3.8) is 0 Å². The number of carbonyl (C=O) groups is 1. The van der Waals surface area contributed by atoms with Gasteiger partial charge in [0.25, 0.3) is 5.91 Å². The number of benzene rings is 2. The summed E-state index contributed by atoms with van der Waals surface area (Å²) in [5.74, 6) is 1.48. The van der Waals surface area contributed by atoms with E-state index in [-0.39, 0.29) is 5.91 Å². The van der Waals surface area contributed by atoms with Gasteiger partial charge in [-0.05, 0) is 35.9 Å². The Morgan fingerprint density at radius 2 is 1.72 bits per heavy atom. The summed E-state index contributed by atoms with van der Waals surface area (Å²) < 4.78 is 11.9. The smallest absolute Gasteiger partial charge is 0.265 e. The van der Waals surface area contributed by atoms with Crippen LogP contribution in [-0.2, 0) is 4.79 Å². The van der Waals surface area contributed by atoms with Crippen molar-refractivity contribution in [3.8, 4) is 11.5 Å². The van der Waals surface area contributed by atoms with E-state index in [1.54, 1.807) is 7.05 Å². The molecule has 0 aliphatic carbocycles. The Morgan fingerprint density at radius 1 is 1.04 bits per heavy atom. The van der Waals surface area contributed by atoms with Crippen molar-refractivity contribution < 1.29 is 14.3 Å². The van der Waals surface area contributed by atoms with E-state index in [9.17, 15) is 4.79 Å². The number of para-hydroxylation sites is 1. The van der Waals surface area contributed by atoms with Gasteiger partial charge in [0.1, 0.15) is 29.0 Å². The highest BCUT2D eigenvalue weighted by Crippen LogP contribution is 2.31. The first kappa shape index (κ1) is 17.5. The Bertz CT molecular complexity index is 805. The molecule has 0 aromatic heterocycles. The quantitative estimate of drug-likeness (QED) is 0.436. The average Bonchev–Trinajstić information content (AvgIpc) is 2.87. The number of hydrogen-bond donors (Lipinski definition) is 0. The van der Waals surface area contributed by atoms with Gasteiger partial charge in [0.15, 0.2) is 0 Å². The number of thiocarbonyl (C=S) groups is 1. The van der Waals surface area contributed by atoms with Crippen molar-refractivity contribution in [2.75, 3.05) is 20.3 Å². The molecule has 0 N–H and O–H groups in total. The lowest BCUT2D eigenvalue weighted by atomic mass is 10.2. The van der Waals surface area contributed by atoms with Crippen LogP contribution in [-0.4, -0.2) is 35.4 Å². The summed E-state index contributed by atoms with van der Waals surface area (Å²) in [4.78, 5) is 14.2. The molecular weight excluding hydrogens is 354 g/mol. The van der Waals surface area contributed by atoms with Gasteiger partial charge < -0.3 is 9.47 Å². The molecule has 0 bridgehead atoms. The molecule has 25 heavy (non-hydrogen) atoms. The minimum atomic E-state index is -0.0717. The second-order valence-electron chi connectivity index (χ2n) is 5.32. The van der Waals surface area contributed by atoms with E-state index in [0.717, 1.165) is 17.1 Å². The van der Waals surface area contributed by atoms with Crippen molar-refractivity contribution in [1.82, 2.24) is 4.90 Å². The SMILES string of the molecule is CN1C(=O)/C(=C\c2cccc(OCCOc3ccccc3)c2)SC1=S. The first-order valence-electron chi connectivity index (χ1n) is 7.76. The van der Waals surface area contributed by atoms with Crippen LogP contribution >= 0.6 is 24.0 Å². The molecule has 1 fully saturated rings. The fourth-order valence-corrected chi connectivity index (χ4v) is 3.41. The third kappa shape index (κ3) is 4.61. The number of ether oxygens (including phenoxy) is 2. The number of rotatable bonds is 6. The van der Waals surface area contributed by atoms with Gasteiger partial charge in [0.2, 0.25) is 0 Å². The summed E-state index contributed by atoms with van der Waals surface area (Å²) >= 11 is 6.45. The molecule has 0 radical (unpaired) electrons. The van der Waals surface area contributed by atoms with Gasteiger partial charge in [-0.1, -0.05) is 54.3 Å². The zero-order valence-corrected chi connectivity index (χ0v) is 15.3. The molecule has 1 aliphatic rings. The lowest BCUT2D eigenvalue weighted by molar-refractivity contribution is -0.121. The Labute approximate surface area is 156 Å². The summed E-state index contributed by atoms with van der Waals surface area (Å²) in [6.07, 6.45) is 1.83. The van der Waals surface area contributed by atoms with Crippen molar-refractivity contribution in [1.29, 1.82) is 0 Å². The Balaban J connectivity index is 1.57. The standard InChI is InChI=1S/C19H17NO3S2/c1-20-18(21)17(25-19(20)24)13-14-6-5-9-16(12-14)23-11-10-22-15-7-3-2-4-8-15/h2-9,12-13H,10-11H2,1H3/b17-13+. The maximum absolute atomic E-state index is 12.1. The van der Waals surface area contributed by atoms with E-state index in [1.807, 2.05) is 60.7 Å². The maximum Gasteiger partial charge on any atom is 0.265 e. The highest BCUT2D eigenvalue weighted by atomic mass is 32.2. The molecule has 128 valence electrons. The largest absolute Gasteiger partial charge is 0.490 e. The van der Waals surface area contributed by atoms with Crippen molar-refractivity contribution in [2.24, 2.45) is 0 Å². The molecule has 0 spiro atoms. The summed E-state index contributed by atoms with van der Waals surface area (Å²) in [6.45, 7) is 0.901. The third-order valence-electron chi connectivity index (χ3n) is 3.51. The monoisotopic (exact) mass is 371 g/mol. The van der Waals surface area contributed by atoms with E-state index in [4.69, 9.17) is 21.7 Å². The van der Waals surface area contributed by atoms with E-state index >= 15 is 0 Å². The van der Waals surface area contributed by atoms with Crippen LogP contribution in [0.15, 0.2) is 59.5 Å². The van der Waals surface area contributed by atoms with Crippen LogP contribution in [0.4, 0.5) is 0 Å². The minimum Gasteiger partial charge on any atom is -0.490 e. The number of likely N-dealkylation sites (N-methyl/N-ethyl adjacent to an activating group) is 1. The number of amides is 1. The fraction of sp³-hybridized carbons (Fsp3) is 0.158. The molecule has 0 unspecified atom stereocenters. The topological polar surface area (TPSA) is 38.8 Å². The molecule has 1 heterocycles. The van der Waals surface area contributed by atoms with E-state index in [2.05, 4.69) is 0 Å². The normalized spacial score (nSPS) is 15.7. The van der Waals surface area contributed by atoms with Gasteiger partial charge in [-0.3, -0.25) is 9.69 Å². The molecule has 1 amide bonds. The summed E-state index contributed by atoms with van der Waals surface area (Å²) in [7, 11) is 1.69. The zero-order chi connectivity index (χ0) is 17.6. The number of nitrogens with zero attached hydrogens (tertiary/aromatic N) is 1. The number of hydrogen-bond acceptors (Lipinski definition) is 5. The molecule has 0 saturated carbocycles. The predicted molar refractivity (Wildman–Crippen MR) is 105 cm³/mol. The second-order valence-corrected chi connectivity index (χ2v) is 7.00. The molecule has 6 heteroatoms. The van der Waals surface area contributed by atoms with Crippen LogP contribution in [0.2, 0.25) is 0 Å². The zero-order valence-electron chi connectivity index (χ0n) is 13.7. The van der Waals surface area contributed by atoms with Gasteiger partial charge in [0, 0.05) is 7.05 Å². The van der Waals surface area contributed by atoms with Crippen LogP contribution in [0, 0.1) is 0 Å². The van der Waals surface area contributed by atoms with Crippen molar-refractivity contribution in [2.45, 2.75) is 0 Å². The van der Waals surface area contributed by atoms with Gasteiger partial charge >= 0.3 is 0 Å². The summed E-state index contributed by atoms with van der Waals surface area (Å²) in [5.41, 5.74) is 0.899. The van der Waals surface area contributed by atoms with Crippen molar-refractivity contribution >= 4 is 40.3 Å². The summed E-state index contributed by atoms with van der Waals surface area (Å²) in [6, 6.07) is 17.2. The molecule has 3 rings (SSSR count). The van der Waals surface area contributed by atoms with E-state index in [1.165, 1.54) is 16.7 Å². The van der Waals surface area contributed by atoms with E-state index in [0.29, 0.717) is 22.4 Å². The van der Waals surface area contributed by atoms with E-state index < -0.39 is 0 Å². The fourth-order valence-electron chi connectivity index (χ4n) is 2.23. The second kappa shape index (κ2) is 8.18. The Hall–Kier alpha value is -2.31. The lowest BCUT2D eigenvalue weighted by Crippen LogP contribution is -2.22. The Morgan fingerprint density at radius 3 is 2.40 bits per heavy atom. The van der Waals surface area contributed by atoms with Crippen molar-refractivity contribution in [3.05, 3.63) is 65.1 Å². The molecule has 2 aromatic rings. The third-order valence-corrected chi connectivity index (χ3v) is 4.99.